The molecule has 0 saturated heterocycles. The Hall–Kier alpha value is -1.08. The van der Waals surface area contributed by atoms with E-state index in [1.807, 2.05) is 20.8 Å². The van der Waals surface area contributed by atoms with Crippen molar-refractivity contribution < 1.29 is 8.42 Å². The fourth-order valence-corrected chi connectivity index (χ4v) is 3.98. The van der Waals surface area contributed by atoms with Crippen LogP contribution in [0.2, 0.25) is 0 Å². The van der Waals surface area contributed by atoms with Crippen LogP contribution in [0.4, 0.5) is 5.82 Å². The van der Waals surface area contributed by atoms with Crippen LogP contribution in [0.1, 0.15) is 32.9 Å². The van der Waals surface area contributed by atoms with Crippen LogP contribution in [0, 0.1) is 6.92 Å². The molecule has 1 atom stereocenters. The molecule has 0 aromatic carbocycles. The summed E-state index contributed by atoms with van der Waals surface area (Å²) in [4.78, 5) is 0.132. The molecular weight excluding hydrogens is 252 g/mol. The van der Waals surface area contributed by atoms with Gasteiger partial charge in [-0.2, -0.15) is 9.40 Å². The van der Waals surface area contributed by atoms with Gasteiger partial charge in [0, 0.05) is 19.6 Å². The van der Waals surface area contributed by atoms with Crippen molar-refractivity contribution in [2.24, 2.45) is 7.05 Å². The van der Waals surface area contributed by atoms with Gasteiger partial charge < -0.3 is 5.73 Å². The Morgan fingerprint density at radius 1 is 1.44 bits per heavy atom. The number of aromatic nitrogens is 2. The molecule has 6 nitrogen and oxygen atoms in total. The lowest BCUT2D eigenvalue weighted by Crippen LogP contribution is -2.38. The Balaban J connectivity index is 3.36. The highest BCUT2D eigenvalue weighted by Crippen LogP contribution is 2.26. The van der Waals surface area contributed by atoms with Crippen LogP contribution in [0.25, 0.3) is 0 Å². The highest BCUT2D eigenvalue weighted by molar-refractivity contribution is 7.89. The molecule has 0 saturated carbocycles. The molecule has 18 heavy (non-hydrogen) atoms. The normalized spacial score (nSPS) is 14.1. The SMILES string of the molecule is CCC(C)N(CC)S(=O)(=O)c1c(N)nn(C)c1C. The lowest BCUT2D eigenvalue weighted by Gasteiger charge is -2.26. The molecule has 7 heteroatoms. The Kier molecular flexibility index (Phi) is 4.39. The summed E-state index contributed by atoms with van der Waals surface area (Å²) in [6.45, 7) is 7.81. The lowest BCUT2D eigenvalue weighted by atomic mass is 10.3. The zero-order chi connectivity index (χ0) is 14.1. The van der Waals surface area contributed by atoms with Crippen LogP contribution < -0.4 is 5.73 Å². The highest BCUT2D eigenvalue weighted by atomic mass is 32.2. The Labute approximate surface area is 109 Å². The van der Waals surface area contributed by atoms with Crippen molar-refractivity contribution in [1.29, 1.82) is 0 Å². The van der Waals surface area contributed by atoms with Gasteiger partial charge in [0.15, 0.2) is 5.82 Å². The van der Waals surface area contributed by atoms with Crippen LogP contribution in [-0.2, 0) is 17.1 Å². The van der Waals surface area contributed by atoms with E-state index in [0.29, 0.717) is 12.2 Å². The van der Waals surface area contributed by atoms with Gasteiger partial charge >= 0.3 is 0 Å². The number of aryl methyl sites for hydroxylation is 1. The molecule has 0 fully saturated rings. The predicted molar refractivity (Wildman–Crippen MR) is 71.7 cm³/mol. The summed E-state index contributed by atoms with van der Waals surface area (Å²) in [5.74, 6) is 0.0664. The first kappa shape index (κ1) is 15.0. The van der Waals surface area contributed by atoms with E-state index in [2.05, 4.69) is 5.10 Å². The van der Waals surface area contributed by atoms with Crippen LogP contribution in [0.5, 0.6) is 0 Å². The van der Waals surface area contributed by atoms with E-state index in [0.717, 1.165) is 6.42 Å². The molecule has 104 valence electrons. The molecule has 1 unspecified atom stereocenters. The van der Waals surface area contributed by atoms with Crippen LogP contribution >= 0.6 is 0 Å². The second kappa shape index (κ2) is 5.27. The second-order valence-electron chi connectivity index (χ2n) is 4.39. The zero-order valence-corrected chi connectivity index (χ0v) is 12.5. The predicted octanol–water partition coefficient (Wildman–Crippen LogP) is 1.12. The first-order valence-corrected chi connectivity index (χ1v) is 7.52. The molecular formula is C11H22N4O2S. The Morgan fingerprint density at radius 2 is 2.00 bits per heavy atom. The number of nitrogens with zero attached hydrogens (tertiary/aromatic N) is 3. The van der Waals surface area contributed by atoms with Gasteiger partial charge in [-0.05, 0) is 20.3 Å². The molecule has 0 bridgehead atoms. The van der Waals surface area contributed by atoms with E-state index in [1.165, 1.54) is 8.99 Å². The first-order valence-electron chi connectivity index (χ1n) is 6.08. The summed E-state index contributed by atoms with van der Waals surface area (Å²) in [6, 6.07) is -0.0565. The van der Waals surface area contributed by atoms with Crippen molar-refractivity contribution in [1.82, 2.24) is 14.1 Å². The van der Waals surface area contributed by atoms with Crippen LogP contribution in [0.15, 0.2) is 4.90 Å². The number of hydrogen-bond acceptors (Lipinski definition) is 4. The largest absolute Gasteiger partial charge is 0.381 e. The maximum atomic E-state index is 12.6. The van der Waals surface area contributed by atoms with Crippen LogP contribution in [0.3, 0.4) is 0 Å². The number of sulfonamides is 1. The molecule has 0 radical (unpaired) electrons. The molecule has 1 heterocycles. The van der Waals surface area contributed by atoms with E-state index >= 15 is 0 Å². The van der Waals surface area contributed by atoms with Gasteiger partial charge in [-0.1, -0.05) is 13.8 Å². The van der Waals surface area contributed by atoms with Gasteiger partial charge in [-0.15, -0.1) is 0 Å². The summed E-state index contributed by atoms with van der Waals surface area (Å²) in [6.07, 6.45) is 0.756. The van der Waals surface area contributed by atoms with Crippen molar-refractivity contribution in [3.63, 3.8) is 0 Å². The Morgan fingerprint density at radius 3 is 2.33 bits per heavy atom. The third kappa shape index (κ3) is 2.37. The van der Waals surface area contributed by atoms with E-state index in [1.54, 1.807) is 14.0 Å². The molecule has 0 aliphatic rings. The van der Waals surface area contributed by atoms with Crippen molar-refractivity contribution in [3.05, 3.63) is 5.69 Å². The van der Waals surface area contributed by atoms with E-state index in [9.17, 15) is 8.42 Å². The summed E-state index contributed by atoms with van der Waals surface area (Å²) in [5, 5.41) is 3.97. The minimum atomic E-state index is -3.58. The van der Waals surface area contributed by atoms with Crippen molar-refractivity contribution in [2.75, 3.05) is 12.3 Å². The fraction of sp³-hybridized carbons (Fsp3) is 0.727. The summed E-state index contributed by atoms with van der Waals surface area (Å²) in [5.41, 5.74) is 6.29. The minimum absolute atomic E-state index is 0.0565. The summed E-state index contributed by atoms with van der Waals surface area (Å²) < 4.78 is 28.2. The standard InChI is InChI=1S/C11H22N4O2S/c1-6-8(3)15(7-2)18(16,17)10-9(4)14(5)13-11(10)12/h8H,6-7H2,1-5H3,(H2,12,13). The van der Waals surface area contributed by atoms with E-state index < -0.39 is 10.0 Å². The quantitative estimate of drug-likeness (QED) is 0.872. The first-order chi connectivity index (χ1) is 8.27. The Bertz CT molecular complexity index is 521. The molecule has 1 aromatic heterocycles. The number of nitrogen functional groups attached to an aromatic ring is 1. The maximum Gasteiger partial charge on any atom is 0.248 e. The van der Waals surface area contributed by atoms with E-state index in [4.69, 9.17) is 5.73 Å². The highest BCUT2D eigenvalue weighted by Gasteiger charge is 2.32. The average molecular weight is 274 g/mol. The fourth-order valence-electron chi connectivity index (χ4n) is 1.97. The molecule has 0 aliphatic heterocycles. The summed E-state index contributed by atoms with van der Waals surface area (Å²) in [7, 11) is -1.89. The third-order valence-corrected chi connectivity index (χ3v) is 5.52. The van der Waals surface area contributed by atoms with Gasteiger partial charge in [-0.25, -0.2) is 8.42 Å². The minimum Gasteiger partial charge on any atom is -0.381 e. The third-order valence-electron chi connectivity index (χ3n) is 3.27. The topological polar surface area (TPSA) is 81.2 Å². The van der Waals surface area contributed by atoms with Crippen molar-refractivity contribution in [3.8, 4) is 0 Å². The van der Waals surface area contributed by atoms with Crippen molar-refractivity contribution >= 4 is 15.8 Å². The number of rotatable bonds is 5. The number of anilines is 1. The second-order valence-corrected chi connectivity index (χ2v) is 6.22. The lowest BCUT2D eigenvalue weighted by molar-refractivity contribution is 0.342. The van der Waals surface area contributed by atoms with Crippen molar-refractivity contribution in [2.45, 2.75) is 45.1 Å². The van der Waals surface area contributed by atoms with E-state index in [-0.39, 0.29) is 16.8 Å². The monoisotopic (exact) mass is 274 g/mol. The molecule has 1 aromatic rings. The van der Waals surface area contributed by atoms with Gasteiger partial charge in [-0.3, -0.25) is 4.68 Å². The molecule has 0 aliphatic carbocycles. The van der Waals surface area contributed by atoms with Crippen LogP contribution in [-0.4, -0.2) is 35.1 Å². The zero-order valence-electron chi connectivity index (χ0n) is 11.6. The smallest absolute Gasteiger partial charge is 0.248 e. The van der Waals surface area contributed by atoms with Gasteiger partial charge in [0.25, 0.3) is 0 Å². The summed E-state index contributed by atoms with van der Waals surface area (Å²) >= 11 is 0. The maximum absolute atomic E-state index is 12.6. The number of nitrogens with two attached hydrogens (primary N) is 1. The average Bonchev–Trinajstić information content (AvgIpc) is 2.53. The molecule has 1 rings (SSSR count). The molecule has 0 spiro atoms. The van der Waals surface area contributed by atoms with Gasteiger partial charge in [0.1, 0.15) is 4.90 Å². The molecule has 2 N–H and O–H groups in total. The molecule has 0 amide bonds. The van der Waals surface area contributed by atoms with Gasteiger partial charge in [0.05, 0.1) is 5.69 Å². The van der Waals surface area contributed by atoms with Gasteiger partial charge in [0.2, 0.25) is 10.0 Å². The number of hydrogen-bond donors (Lipinski definition) is 1.